The third-order valence-electron chi connectivity index (χ3n) is 16.3. The van der Waals surface area contributed by atoms with Gasteiger partial charge in [0.15, 0.2) is 0 Å². The maximum Gasteiger partial charge on any atom is 0.305 e. The Morgan fingerprint density at radius 1 is 0.360 bits per heavy atom. The highest BCUT2D eigenvalue weighted by Crippen LogP contribution is 2.19. The SMILES string of the molecule is CCCCCCCCC/C=C\CCCCCCCCCC(=O)OCCCCCCCCCCCCCCCCCCCCC(=O)NC(CO)C(O)CCCCCCCCCCCCCCCCCCCCCCCC. The van der Waals surface area contributed by atoms with Crippen LogP contribution < -0.4 is 5.32 Å². The van der Waals surface area contributed by atoms with Crippen LogP contribution in [-0.4, -0.2) is 47.4 Å². The normalized spacial score (nSPS) is 12.5. The third kappa shape index (κ3) is 61.7. The van der Waals surface area contributed by atoms with E-state index in [-0.39, 0.29) is 18.5 Å². The lowest BCUT2D eigenvalue weighted by molar-refractivity contribution is -0.143. The molecule has 0 aromatic carbocycles. The number of hydrogen-bond acceptors (Lipinski definition) is 5. The number of rotatable bonds is 65. The van der Waals surface area contributed by atoms with Crippen molar-refractivity contribution in [1.82, 2.24) is 5.32 Å². The molecular formula is C69H135NO5. The summed E-state index contributed by atoms with van der Waals surface area (Å²) in [6.07, 6.45) is 79.5. The molecule has 0 saturated carbocycles. The maximum atomic E-state index is 12.5. The largest absolute Gasteiger partial charge is 0.466 e. The number of aliphatic hydroxyl groups is 2. The lowest BCUT2D eigenvalue weighted by Gasteiger charge is -2.22. The lowest BCUT2D eigenvalue weighted by atomic mass is 10.0. The summed E-state index contributed by atoms with van der Waals surface area (Å²) in [4.78, 5) is 24.6. The second-order valence-electron chi connectivity index (χ2n) is 23.9. The molecule has 0 aliphatic carbocycles. The molecule has 1 amide bonds. The van der Waals surface area contributed by atoms with E-state index >= 15 is 0 Å². The first-order valence-electron chi connectivity index (χ1n) is 34.4. The molecule has 0 aromatic rings. The monoisotopic (exact) mass is 1060 g/mol. The van der Waals surface area contributed by atoms with Gasteiger partial charge >= 0.3 is 5.97 Å². The molecule has 0 aromatic heterocycles. The van der Waals surface area contributed by atoms with Crippen LogP contribution in [0.1, 0.15) is 393 Å². The molecule has 6 nitrogen and oxygen atoms in total. The number of aliphatic hydroxyl groups excluding tert-OH is 2. The van der Waals surface area contributed by atoms with E-state index in [0.29, 0.717) is 25.9 Å². The van der Waals surface area contributed by atoms with E-state index in [9.17, 15) is 19.8 Å². The van der Waals surface area contributed by atoms with Crippen LogP contribution in [0.25, 0.3) is 0 Å². The van der Waals surface area contributed by atoms with Gasteiger partial charge in [-0.3, -0.25) is 9.59 Å². The van der Waals surface area contributed by atoms with Crippen molar-refractivity contribution < 1.29 is 24.5 Å². The molecule has 0 aliphatic heterocycles. The number of ether oxygens (including phenoxy) is 1. The molecule has 6 heteroatoms. The summed E-state index contributed by atoms with van der Waals surface area (Å²) >= 11 is 0. The zero-order valence-corrected chi connectivity index (χ0v) is 51.1. The molecule has 0 bridgehead atoms. The number of carbonyl (C=O) groups excluding carboxylic acids is 2. The molecule has 0 saturated heterocycles. The van der Waals surface area contributed by atoms with Gasteiger partial charge in [-0.25, -0.2) is 0 Å². The third-order valence-corrected chi connectivity index (χ3v) is 16.3. The van der Waals surface area contributed by atoms with Crippen molar-refractivity contribution in [1.29, 1.82) is 0 Å². The smallest absolute Gasteiger partial charge is 0.305 e. The number of carbonyl (C=O) groups is 2. The molecule has 75 heavy (non-hydrogen) atoms. The van der Waals surface area contributed by atoms with Gasteiger partial charge in [0.2, 0.25) is 5.91 Å². The van der Waals surface area contributed by atoms with Crippen LogP contribution in [0.15, 0.2) is 12.2 Å². The molecule has 0 radical (unpaired) electrons. The summed E-state index contributed by atoms with van der Waals surface area (Å²) in [6.45, 7) is 4.98. The van der Waals surface area contributed by atoms with Gasteiger partial charge in [-0.2, -0.15) is 0 Å². The summed E-state index contributed by atoms with van der Waals surface area (Å²) in [5, 5.41) is 23.4. The first kappa shape index (κ1) is 73.6. The Morgan fingerprint density at radius 2 is 0.627 bits per heavy atom. The van der Waals surface area contributed by atoms with Crippen LogP contribution in [0.4, 0.5) is 0 Å². The minimum Gasteiger partial charge on any atom is -0.466 e. The van der Waals surface area contributed by atoms with Gasteiger partial charge in [0.1, 0.15) is 0 Å². The van der Waals surface area contributed by atoms with Gasteiger partial charge in [-0.05, 0) is 51.4 Å². The molecule has 0 heterocycles. The van der Waals surface area contributed by atoms with Gasteiger partial charge in [-0.15, -0.1) is 0 Å². The van der Waals surface area contributed by atoms with Crippen molar-refractivity contribution in [3.8, 4) is 0 Å². The molecular weight excluding hydrogens is 923 g/mol. The Hall–Kier alpha value is -1.40. The molecule has 2 unspecified atom stereocenters. The van der Waals surface area contributed by atoms with Crippen LogP contribution >= 0.6 is 0 Å². The van der Waals surface area contributed by atoms with E-state index in [2.05, 4.69) is 31.3 Å². The summed E-state index contributed by atoms with van der Waals surface area (Å²) < 4.78 is 5.50. The van der Waals surface area contributed by atoms with E-state index in [1.54, 1.807) is 0 Å². The average Bonchev–Trinajstić information content (AvgIpc) is 3.41. The minimum atomic E-state index is -0.668. The van der Waals surface area contributed by atoms with Crippen LogP contribution in [-0.2, 0) is 14.3 Å². The topological polar surface area (TPSA) is 95.9 Å². The molecule has 2 atom stereocenters. The predicted molar refractivity (Wildman–Crippen MR) is 329 cm³/mol. The molecule has 0 aliphatic rings. The van der Waals surface area contributed by atoms with Gasteiger partial charge in [-0.1, -0.05) is 341 Å². The van der Waals surface area contributed by atoms with Crippen molar-refractivity contribution in [3.05, 3.63) is 12.2 Å². The summed E-state index contributed by atoms with van der Waals surface area (Å²) in [6, 6.07) is -0.545. The van der Waals surface area contributed by atoms with E-state index in [1.165, 1.54) is 315 Å². The van der Waals surface area contributed by atoms with E-state index < -0.39 is 12.1 Å². The van der Waals surface area contributed by atoms with Crippen LogP contribution in [0.5, 0.6) is 0 Å². The van der Waals surface area contributed by atoms with E-state index in [0.717, 1.165) is 44.9 Å². The van der Waals surface area contributed by atoms with Crippen LogP contribution in [0.2, 0.25) is 0 Å². The second kappa shape index (κ2) is 65.1. The molecule has 446 valence electrons. The first-order valence-corrected chi connectivity index (χ1v) is 34.4. The standard InChI is InChI=1S/C69H135NO5/c1-3-5-7-9-11-13-15-17-19-21-23-24-25-26-29-33-37-41-45-49-53-57-61-67(72)66(65-71)70-68(73)62-58-54-50-46-42-38-34-30-27-28-32-36-40-44-48-52-56-60-64-75-69(74)63-59-55-51-47-43-39-35-31-22-20-18-16-14-12-10-8-6-4-2/h20,22,66-67,71-72H,3-19,21,23-65H2,1-2H3,(H,70,73)/b22-20-. The zero-order valence-electron chi connectivity index (χ0n) is 51.1. The molecule has 0 fully saturated rings. The number of esters is 1. The number of allylic oxidation sites excluding steroid dienone is 2. The lowest BCUT2D eigenvalue weighted by Crippen LogP contribution is -2.45. The van der Waals surface area contributed by atoms with Gasteiger partial charge in [0, 0.05) is 12.8 Å². The van der Waals surface area contributed by atoms with Crippen molar-refractivity contribution in [2.24, 2.45) is 0 Å². The van der Waals surface area contributed by atoms with Crippen molar-refractivity contribution in [2.75, 3.05) is 13.2 Å². The molecule has 0 rings (SSSR count). The number of hydrogen-bond donors (Lipinski definition) is 3. The zero-order chi connectivity index (χ0) is 54.3. The highest BCUT2D eigenvalue weighted by molar-refractivity contribution is 5.76. The number of amides is 1. The van der Waals surface area contributed by atoms with Gasteiger partial charge < -0.3 is 20.3 Å². The fourth-order valence-electron chi connectivity index (χ4n) is 11.1. The average molecular weight is 1060 g/mol. The Kier molecular flexibility index (Phi) is 63.9. The van der Waals surface area contributed by atoms with Crippen LogP contribution in [0, 0.1) is 0 Å². The number of unbranched alkanes of at least 4 members (excludes halogenated alkanes) is 52. The minimum absolute atomic E-state index is 0.00588. The van der Waals surface area contributed by atoms with Crippen molar-refractivity contribution in [3.63, 3.8) is 0 Å². The Morgan fingerprint density at radius 3 is 0.947 bits per heavy atom. The summed E-state index contributed by atoms with van der Waals surface area (Å²) in [7, 11) is 0. The highest BCUT2D eigenvalue weighted by atomic mass is 16.5. The quantitative estimate of drug-likeness (QED) is 0.0320. The first-order chi connectivity index (χ1) is 37.0. The van der Waals surface area contributed by atoms with Crippen molar-refractivity contribution in [2.45, 2.75) is 405 Å². The second-order valence-corrected chi connectivity index (χ2v) is 23.9. The summed E-state index contributed by atoms with van der Waals surface area (Å²) in [5.41, 5.74) is 0. The Bertz CT molecular complexity index is 1130. The van der Waals surface area contributed by atoms with Crippen molar-refractivity contribution >= 4 is 11.9 Å². The highest BCUT2D eigenvalue weighted by Gasteiger charge is 2.20. The fraction of sp³-hybridized carbons (Fsp3) is 0.942. The van der Waals surface area contributed by atoms with E-state index in [1.807, 2.05) is 0 Å². The predicted octanol–water partition coefficient (Wildman–Crippen LogP) is 22.0. The molecule has 0 spiro atoms. The number of nitrogens with one attached hydrogen (secondary N) is 1. The molecule has 3 N–H and O–H groups in total. The Balaban J connectivity index is 3.39. The fourth-order valence-corrected chi connectivity index (χ4v) is 11.1. The van der Waals surface area contributed by atoms with Gasteiger partial charge in [0.05, 0.1) is 25.4 Å². The van der Waals surface area contributed by atoms with Crippen LogP contribution in [0.3, 0.4) is 0 Å². The Labute approximate surface area is 469 Å². The maximum absolute atomic E-state index is 12.5. The summed E-state index contributed by atoms with van der Waals surface area (Å²) in [5.74, 6) is -0.0283. The van der Waals surface area contributed by atoms with Gasteiger partial charge in [0.25, 0.3) is 0 Å². The van der Waals surface area contributed by atoms with E-state index in [4.69, 9.17) is 4.74 Å².